The van der Waals surface area contributed by atoms with Crippen molar-refractivity contribution < 1.29 is 4.74 Å². The van der Waals surface area contributed by atoms with Gasteiger partial charge in [0.25, 0.3) is 0 Å². The predicted octanol–water partition coefficient (Wildman–Crippen LogP) is 1.29. The molecule has 56 valence electrons. The number of aromatic nitrogens is 2. The van der Waals surface area contributed by atoms with Crippen LogP contribution in [0.15, 0.2) is 0 Å². The van der Waals surface area contributed by atoms with Crippen molar-refractivity contribution in [2.75, 3.05) is 7.11 Å². The van der Waals surface area contributed by atoms with Gasteiger partial charge in [0.1, 0.15) is 0 Å². The van der Waals surface area contributed by atoms with E-state index in [4.69, 9.17) is 4.74 Å². The van der Waals surface area contributed by atoms with Crippen molar-refractivity contribution in [1.29, 1.82) is 0 Å². The molecule has 0 radical (unpaired) electrons. The van der Waals surface area contributed by atoms with Gasteiger partial charge in [-0.1, -0.05) is 6.92 Å². The van der Waals surface area contributed by atoms with Crippen molar-refractivity contribution in [3.63, 3.8) is 0 Å². The predicted molar refractivity (Wildman–Crippen MR) is 39.3 cm³/mol. The van der Waals surface area contributed by atoms with Gasteiger partial charge in [0.2, 0.25) is 5.88 Å². The summed E-state index contributed by atoms with van der Waals surface area (Å²) in [6.45, 7) is 4.08. The van der Waals surface area contributed by atoms with Gasteiger partial charge in [0.05, 0.1) is 7.11 Å². The quantitative estimate of drug-likeness (QED) is 0.672. The molecule has 0 spiro atoms. The number of H-pyrrole nitrogens is 1. The number of rotatable bonds is 2. The van der Waals surface area contributed by atoms with E-state index in [0.717, 1.165) is 18.0 Å². The number of aromatic amines is 1. The van der Waals surface area contributed by atoms with Crippen molar-refractivity contribution in [1.82, 2.24) is 10.2 Å². The minimum absolute atomic E-state index is 0.722. The zero-order valence-corrected chi connectivity index (χ0v) is 6.56. The van der Waals surface area contributed by atoms with Gasteiger partial charge < -0.3 is 4.74 Å². The average Bonchev–Trinajstić information content (AvgIpc) is 2.30. The highest BCUT2D eigenvalue weighted by molar-refractivity contribution is 5.29. The van der Waals surface area contributed by atoms with E-state index in [1.807, 2.05) is 6.92 Å². The topological polar surface area (TPSA) is 37.9 Å². The zero-order chi connectivity index (χ0) is 7.56. The molecule has 0 atom stereocenters. The minimum Gasteiger partial charge on any atom is -0.480 e. The summed E-state index contributed by atoms with van der Waals surface area (Å²) in [5.41, 5.74) is 2.27. The van der Waals surface area contributed by atoms with Gasteiger partial charge in [-0.3, -0.25) is 5.10 Å². The second kappa shape index (κ2) is 2.73. The molecule has 0 saturated heterocycles. The van der Waals surface area contributed by atoms with Crippen molar-refractivity contribution in [3.8, 4) is 5.88 Å². The molecule has 0 bridgehead atoms. The first-order valence-electron chi connectivity index (χ1n) is 3.37. The number of aryl methyl sites for hydroxylation is 1. The lowest BCUT2D eigenvalue weighted by atomic mass is 10.2. The Morgan fingerprint density at radius 1 is 1.60 bits per heavy atom. The lowest BCUT2D eigenvalue weighted by Crippen LogP contribution is -1.87. The van der Waals surface area contributed by atoms with Crippen LogP contribution >= 0.6 is 0 Å². The normalized spacial score (nSPS) is 9.90. The van der Waals surface area contributed by atoms with Gasteiger partial charge in [0, 0.05) is 11.3 Å². The monoisotopic (exact) mass is 140 g/mol. The molecule has 1 aromatic rings. The second-order valence-corrected chi connectivity index (χ2v) is 2.19. The average molecular weight is 140 g/mol. The van der Waals surface area contributed by atoms with Gasteiger partial charge in [-0.05, 0) is 13.3 Å². The Bertz CT molecular complexity index is 217. The molecular formula is C7H12N2O. The van der Waals surface area contributed by atoms with Gasteiger partial charge in [0.15, 0.2) is 0 Å². The van der Waals surface area contributed by atoms with Crippen LogP contribution in [0.1, 0.15) is 18.2 Å². The summed E-state index contributed by atoms with van der Waals surface area (Å²) in [6, 6.07) is 0. The third-order valence-electron chi connectivity index (χ3n) is 1.58. The largest absolute Gasteiger partial charge is 0.480 e. The van der Waals surface area contributed by atoms with Crippen molar-refractivity contribution >= 4 is 0 Å². The SMILES string of the molecule is CCc1c(OC)n[nH]c1C. The molecule has 1 rings (SSSR count). The van der Waals surface area contributed by atoms with E-state index >= 15 is 0 Å². The maximum absolute atomic E-state index is 5.01. The molecule has 0 amide bonds. The van der Waals surface area contributed by atoms with Crippen LogP contribution in [-0.2, 0) is 6.42 Å². The summed E-state index contributed by atoms with van der Waals surface area (Å²) in [7, 11) is 1.63. The van der Waals surface area contributed by atoms with Gasteiger partial charge in [-0.25, -0.2) is 0 Å². The van der Waals surface area contributed by atoms with E-state index in [1.54, 1.807) is 7.11 Å². The van der Waals surface area contributed by atoms with Gasteiger partial charge in [-0.2, -0.15) is 0 Å². The lowest BCUT2D eigenvalue weighted by Gasteiger charge is -1.96. The molecule has 0 fully saturated rings. The van der Waals surface area contributed by atoms with Crippen molar-refractivity contribution in [3.05, 3.63) is 11.3 Å². The summed E-state index contributed by atoms with van der Waals surface area (Å²) in [4.78, 5) is 0. The first kappa shape index (κ1) is 7.12. The molecule has 0 aliphatic carbocycles. The van der Waals surface area contributed by atoms with Crippen LogP contribution in [0.4, 0.5) is 0 Å². The highest BCUT2D eigenvalue weighted by Gasteiger charge is 2.06. The van der Waals surface area contributed by atoms with Crippen LogP contribution in [0.2, 0.25) is 0 Å². The molecule has 1 heterocycles. The fraction of sp³-hybridized carbons (Fsp3) is 0.571. The van der Waals surface area contributed by atoms with E-state index in [9.17, 15) is 0 Å². The van der Waals surface area contributed by atoms with Crippen LogP contribution in [-0.4, -0.2) is 17.3 Å². The van der Waals surface area contributed by atoms with Crippen LogP contribution in [0, 0.1) is 6.92 Å². The number of nitrogens with one attached hydrogen (secondary N) is 1. The van der Waals surface area contributed by atoms with Gasteiger partial charge in [-0.15, -0.1) is 5.10 Å². The number of ether oxygens (including phenoxy) is 1. The van der Waals surface area contributed by atoms with Gasteiger partial charge >= 0.3 is 0 Å². The van der Waals surface area contributed by atoms with Crippen LogP contribution in [0.5, 0.6) is 5.88 Å². The number of hydrogen-bond donors (Lipinski definition) is 1. The maximum atomic E-state index is 5.01. The molecule has 1 aromatic heterocycles. The lowest BCUT2D eigenvalue weighted by molar-refractivity contribution is 0.393. The fourth-order valence-corrected chi connectivity index (χ4v) is 1.02. The van der Waals surface area contributed by atoms with Crippen LogP contribution in [0.3, 0.4) is 0 Å². The molecule has 3 nitrogen and oxygen atoms in total. The molecule has 0 aliphatic heterocycles. The molecular weight excluding hydrogens is 128 g/mol. The number of hydrogen-bond acceptors (Lipinski definition) is 2. The Balaban J connectivity index is 3.01. The Morgan fingerprint density at radius 3 is 2.70 bits per heavy atom. The summed E-state index contributed by atoms with van der Waals surface area (Å²) < 4.78 is 5.01. The maximum Gasteiger partial charge on any atom is 0.235 e. The summed E-state index contributed by atoms with van der Waals surface area (Å²) in [5, 5.41) is 6.82. The first-order chi connectivity index (χ1) is 4.79. The Labute approximate surface area is 60.4 Å². The summed E-state index contributed by atoms with van der Waals surface area (Å²) in [6.07, 6.45) is 0.964. The van der Waals surface area contributed by atoms with Crippen molar-refractivity contribution in [2.24, 2.45) is 0 Å². The van der Waals surface area contributed by atoms with Crippen LogP contribution < -0.4 is 4.74 Å². The standard InChI is InChI=1S/C7H12N2O/c1-4-6-5(2)8-9-7(6)10-3/h4H2,1-3H3,(H,8,9). The Kier molecular flexibility index (Phi) is 1.94. The van der Waals surface area contributed by atoms with E-state index in [1.165, 1.54) is 5.56 Å². The fourth-order valence-electron chi connectivity index (χ4n) is 1.02. The molecule has 0 unspecified atom stereocenters. The smallest absolute Gasteiger partial charge is 0.235 e. The molecule has 0 aromatic carbocycles. The third-order valence-corrected chi connectivity index (χ3v) is 1.58. The summed E-state index contributed by atoms with van der Waals surface area (Å²) in [5.74, 6) is 0.722. The Hall–Kier alpha value is -0.990. The van der Waals surface area contributed by atoms with E-state index < -0.39 is 0 Å². The van der Waals surface area contributed by atoms with E-state index in [-0.39, 0.29) is 0 Å². The number of methoxy groups -OCH3 is 1. The molecule has 0 saturated carbocycles. The molecule has 10 heavy (non-hydrogen) atoms. The second-order valence-electron chi connectivity index (χ2n) is 2.19. The van der Waals surface area contributed by atoms with E-state index in [2.05, 4.69) is 17.1 Å². The Morgan fingerprint density at radius 2 is 2.30 bits per heavy atom. The summed E-state index contributed by atoms with van der Waals surface area (Å²) >= 11 is 0. The highest BCUT2D eigenvalue weighted by Crippen LogP contribution is 2.17. The molecule has 0 aliphatic rings. The minimum atomic E-state index is 0.722. The third kappa shape index (κ3) is 0.988. The zero-order valence-electron chi connectivity index (χ0n) is 6.56. The molecule has 3 heteroatoms. The first-order valence-corrected chi connectivity index (χ1v) is 3.37. The number of nitrogens with zero attached hydrogens (tertiary/aromatic N) is 1. The van der Waals surface area contributed by atoms with Crippen molar-refractivity contribution in [2.45, 2.75) is 20.3 Å². The highest BCUT2D eigenvalue weighted by atomic mass is 16.5. The molecule has 1 N–H and O–H groups in total. The van der Waals surface area contributed by atoms with E-state index in [0.29, 0.717) is 0 Å². The van der Waals surface area contributed by atoms with Crippen LogP contribution in [0.25, 0.3) is 0 Å².